The zero-order valence-electron chi connectivity index (χ0n) is 16.1. The van der Waals surface area contributed by atoms with Gasteiger partial charge < -0.3 is 19.7 Å². The van der Waals surface area contributed by atoms with Crippen LogP contribution >= 0.6 is 0 Å². The molecule has 1 fully saturated rings. The van der Waals surface area contributed by atoms with Crippen LogP contribution in [-0.2, 0) is 27.3 Å². The van der Waals surface area contributed by atoms with Crippen LogP contribution in [0.25, 0.3) is 0 Å². The highest BCUT2D eigenvalue weighted by Crippen LogP contribution is 2.14. The van der Waals surface area contributed by atoms with Gasteiger partial charge in [-0.25, -0.2) is 0 Å². The molecule has 6 heteroatoms. The number of rotatable bonds is 8. The number of hydrogen-bond acceptors (Lipinski definition) is 4. The molecule has 1 saturated heterocycles. The van der Waals surface area contributed by atoms with E-state index in [1.807, 2.05) is 54.6 Å². The number of carbonyl (C=O) groups excluding carboxylic acids is 2. The van der Waals surface area contributed by atoms with E-state index in [0.717, 1.165) is 16.9 Å². The molecule has 0 spiro atoms. The van der Waals surface area contributed by atoms with E-state index in [1.54, 1.807) is 12.0 Å². The lowest BCUT2D eigenvalue weighted by Crippen LogP contribution is -2.50. The normalized spacial score (nSPS) is 16.7. The lowest BCUT2D eigenvalue weighted by atomic mass is 10.1. The SMILES string of the molecule is COc1cccc(CCC(=O)NCC2CN(Cc3ccccc3)C(=O)CO2)c1. The minimum Gasteiger partial charge on any atom is -0.497 e. The number of nitrogens with zero attached hydrogens (tertiary/aromatic N) is 1. The summed E-state index contributed by atoms with van der Waals surface area (Å²) in [5.41, 5.74) is 2.14. The summed E-state index contributed by atoms with van der Waals surface area (Å²) in [6, 6.07) is 17.6. The Morgan fingerprint density at radius 1 is 1.18 bits per heavy atom. The maximum Gasteiger partial charge on any atom is 0.248 e. The van der Waals surface area contributed by atoms with Crippen molar-refractivity contribution in [2.75, 3.05) is 26.8 Å². The Hall–Kier alpha value is -2.86. The number of nitrogens with one attached hydrogen (secondary N) is 1. The molecule has 0 aromatic heterocycles. The Labute approximate surface area is 165 Å². The monoisotopic (exact) mass is 382 g/mol. The molecule has 1 atom stereocenters. The van der Waals surface area contributed by atoms with E-state index in [2.05, 4.69) is 5.32 Å². The standard InChI is InChI=1S/C22H26N2O4/c1-27-19-9-5-8-17(12-19)10-11-21(25)23-13-20-15-24(22(26)16-28-20)14-18-6-3-2-4-7-18/h2-9,12,20H,10-11,13-16H2,1H3,(H,23,25). The molecule has 28 heavy (non-hydrogen) atoms. The van der Waals surface area contributed by atoms with Gasteiger partial charge in [0, 0.05) is 26.1 Å². The van der Waals surface area contributed by atoms with Crippen molar-refractivity contribution in [3.8, 4) is 5.75 Å². The van der Waals surface area contributed by atoms with E-state index in [1.165, 1.54) is 0 Å². The van der Waals surface area contributed by atoms with Gasteiger partial charge in [-0.3, -0.25) is 9.59 Å². The molecule has 2 aromatic rings. The van der Waals surface area contributed by atoms with Crippen LogP contribution in [-0.4, -0.2) is 49.6 Å². The number of amides is 2. The van der Waals surface area contributed by atoms with Crippen molar-refractivity contribution in [2.45, 2.75) is 25.5 Å². The second kappa shape index (κ2) is 9.90. The van der Waals surface area contributed by atoms with E-state index in [9.17, 15) is 9.59 Å². The average molecular weight is 382 g/mol. The van der Waals surface area contributed by atoms with E-state index < -0.39 is 0 Å². The molecule has 1 heterocycles. The molecule has 0 bridgehead atoms. The van der Waals surface area contributed by atoms with Gasteiger partial charge in [0.1, 0.15) is 12.4 Å². The number of carbonyl (C=O) groups is 2. The molecule has 0 saturated carbocycles. The maximum absolute atomic E-state index is 12.2. The smallest absolute Gasteiger partial charge is 0.248 e. The number of morpholine rings is 1. The van der Waals surface area contributed by atoms with Crippen molar-refractivity contribution < 1.29 is 19.1 Å². The van der Waals surface area contributed by atoms with Crippen LogP contribution in [0.5, 0.6) is 5.75 Å². The van der Waals surface area contributed by atoms with Gasteiger partial charge in [0.15, 0.2) is 0 Å². The van der Waals surface area contributed by atoms with Gasteiger partial charge in [0.2, 0.25) is 11.8 Å². The second-order valence-corrected chi connectivity index (χ2v) is 6.85. The van der Waals surface area contributed by atoms with Gasteiger partial charge in [0.25, 0.3) is 0 Å². The van der Waals surface area contributed by atoms with Gasteiger partial charge in [-0.1, -0.05) is 42.5 Å². The van der Waals surface area contributed by atoms with E-state index in [-0.39, 0.29) is 24.5 Å². The van der Waals surface area contributed by atoms with Crippen molar-refractivity contribution in [2.24, 2.45) is 0 Å². The zero-order valence-corrected chi connectivity index (χ0v) is 16.1. The first-order valence-corrected chi connectivity index (χ1v) is 9.47. The highest BCUT2D eigenvalue weighted by Gasteiger charge is 2.26. The van der Waals surface area contributed by atoms with Crippen molar-refractivity contribution in [3.05, 3.63) is 65.7 Å². The average Bonchev–Trinajstić information content (AvgIpc) is 2.73. The van der Waals surface area contributed by atoms with Crippen molar-refractivity contribution in [1.29, 1.82) is 0 Å². The van der Waals surface area contributed by atoms with Crippen molar-refractivity contribution in [3.63, 3.8) is 0 Å². The van der Waals surface area contributed by atoms with Gasteiger partial charge in [-0.15, -0.1) is 0 Å². The molecule has 2 aromatic carbocycles. The topological polar surface area (TPSA) is 67.9 Å². The second-order valence-electron chi connectivity index (χ2n) is 6.85. The molecule has 1 N–H and O–H groups in total. The van der Waals surface area contributed by atoms with Crippen LogP contribution in [0.3, 0.4) is 0 Å². The molecule has 0 radical (unpaired) electrons. The third-order valence-corrected chi connectivity index (χ3v) is 4.74. The Bertz CT molecular complexity index is 794. The molecular formula is C22H26N2O4. The third kappa shape index (κ3) is 5.82. The summed E-state index contributed by atoms with van der Waals surface area (Å²) in [4.78, 5) is 26.1. The van der Waals surface area contributed by atoms with Crippen molar-refractivity contribution >= 4 is 11.8 Å². The minimum absolute atomic E-state index is 0.0237. The van der Waals surface area contributed by atoms with Gasteiger partial charge >= 0.3 is 0 Å². The Morgan fingerprint density at radius 2 is 1.96 bits per heavy atom. The molecule has 3 rings (SSSR count). The van der Waals surface area contributed by atoms with Crippen LogP contribution in [0.2, 0.25) is 0 Å². The molecule has 148 valence electrons. The predicted octanol–water partition coefficient (Wildman–Crippen LogP) is 2.17. The first-order chi connectivity index (χ1) is 13.6. The third-order valence-electron chi connectivity index (χ3n) is 4.74. The van der Waals surface area contributed by atoms with Crippen LogP contribution in [0, 0.1) is 0 Å². The molecule has 1 unspecified atom stereocenters. The number of benzene rings is 2. The minimum atomic E-state index is -0.192. The first-order valence-electron chi connectivity index (χ1n) is 9.47. The summed E-state index contributed by atoms with van der Waals surface area (Å²) in [6.45, 7) is 1.49. The molecule has 1 aliphatic heterocycles. The Kier molecular flexibility index (Phi) is 7.03. The van der Waals surface area contributed by atoms with E-state index in [0.29, 0.717) is 32.5 Å². The zero-order chi connectivity index (χ0) is 19.8. The largest absolute Gasteiger partial charge is 0.497 e. The van der Waals surface area contributed by atoms with Crippen LogP contribution < -0.4 is 10.1 Å². The van der Waals surface area contributed by atoms with Crippen LogP contribution in [0.1, 0.15) is 17.5 Å². The molecule has 1 aliphatic rings. The van der Waals surface area contributed by atoms with Crippen LogP contribution in [0.4, 0.5) is 0 Å². The predicted molar refractivity (Wildman–Crippen MR) is 106 cm³/mol. The summed E-state index contributed by atoms with van der Waals surface area (Å²) < 4.78 is 10.8. The lowest BCUT2D eigenvalue weighted by Gasteiger charge is -2.33. The van der Waals surface area contributed by atoms with Gasteiger partial charge in [0.05, 0.1) is 13.2 Å². The summed E-state index contributed by atoms with van der Waals surface area (Å²) in [5, 5.41) is 2.92. The van der Waals surface area contributed by atoms with E-state index >= 15 is 0 Å². The first kappa shape index (κ1) is 19.9. The van der Waals surface area contributed by atoms with Gasteiger partial charge in [-0.2, -0.15) is 0 Å². The fourth-order valence-electron chi connectivity index (χ4n) is 3.16. The fourth-order valence-corrected chi connectivity index (χ4v) is 3.16. The molecular weight excluding hydrogens is 356 g/mol. The number of hydrogen-bond donors (Lipinski definition) is 1. The fraction of sp³-hybridized carbons (Fsp3) is 0.364. The molecule has 0 aliphatic carbocycles. The van der Waals surface area contributed by atoms with Crippen molar-refractivity contribution in [1.82, 2.24) is 10.2 Å². The lowest BCUT2D eigenvalue weighted by molar-refractivity contribution is -0.149. The number of aryl methyl sites for hydroxylation is 1. The van der Waals surface area contributed by atoms with Gasteiger partial charge in [-0.05, 0) is 29.7 Å². The summed E-state index contributed by atoms with van der Waals surface area (Å²) in [6.07, 6.45) is 0.849. The number of methoxy groups -OCH3 is 1. The summed E-state index contributed by atoms with van der Waals surface area (Å²) in [5.74, 6) is 0.735. The summed E-state index contributed by atoms with van der Waals surface area (Å²) in [7, 11) is 1.63. The Balaban J connectivity index is 1.43. The van der Waals surface area contributed by atoms with Crippen LogP contribution in [0.15, 0.2) is 54.6 Å². The highest BCUT2D eigenvalue weighted by atomic mass is 16.5. The number of ether oxygens (including phenoxy) is 2. The highest BCUT2D eigenvalue weighted by molar-refractivity contribution is 5.78. The quantitative estimate of drug-likeness (QED) is 0.760. The summed E-state index contributed by atoms with van der Waals surface area (Å²) >= 11 is 0. The molecule has 2 amide bonds. The Morgan fingerprint density at radius 3 is 2.75 bits per heavy atom. The molecule has 6 nitrogen and oxygen atoms in total. The van der Waals surface area contributed by atoms with E-state index in [4.69, 9.17) is 9.47 Å². The maximum atomic E-state index is 12.2.